The van der Waals surface area contributed by atoms with E-state index < -0.39 is 0 Å². The fraction of sp³-hybridized carbons (Fsp3) is 0.467. The number of amides is 1. The van der Waals surface area contributed by atoms with Crippen LogP contribution in [-0.2, 0) is 4.79 Å². The van der Waals surface area contributed by atoms with Crippen LogP contribution in [0.3, 0.4) is 0 Å². The predicted molar refractivity (Wildman–Crippen MR) is 77.4 cm³/mol. The minimum absolute atomic E-state index is 0.0468. The molecule has 0 saturated heterocycles. The van der Waals surface area contributed by atoms with E-state index in [1.807, 2.05) is 45.0 Å². The van der Waals surface area contributed by atoms with Crippen LogP contribution in [0.15, 0.2) is 29.4 Å². The summed E-state index contributed by atoms with van der Waals surface area (Å²) in [5, 5.41) is 4.20. The summed E-state index contributed by atoms with van der Waals surface area (Å²) in [5.41, 5.74) is 4.46. The van der Waals surface area contributed by atoms with E-state index in [0.717, 1.165) is 23.4 Å². The summed E-state index contributed by atoms with van der Waals surface area (Å²) in [4.78, 5) is 11.6. The Balaban J connectivity index is 2.73. The molecule has 4 nitrogen and oxygen atoms in total. The highest BCUT2D eigenvalue weighted by Gasteiger charge is 2.05. The Kier molecular flexibility index (Phi) is 6.06. The van der Waals surface area contributed by atoms with Gasteiger partial charge >= 0.3 is 0 Å². The lowest BCUT2D eigenvalue weighted by Crippen LogP contribution is -2.21. The Bertz CT molecular complexity index is 436. The first kappa shape index (κ1) is 15.2. The average molecular weight is 262 g/mol. The number of benzene rings is 1. The van der Waals surface area contributed by atoms with E-state index in [1.165, 1.54) is 0 Å². The third kappa shape index (κ3) is 5.12. The summed E-state index contributed by atoms with van der Waals surface area (Å²) >= 11 is 0. The van der Waals surface area contributed by atoms with Gasteiger partial charge in [0.25, 0.3) is 0 Å². The zero-order valence-electron chi connectivity index (χ0n) is 12.1. The van der Waals surface area contributed by atoms with Gasteiger partial charge in [-0.15, -0.1) is 0 Å². The molecule has 0 heterocycles. The monoisotopic (exact) mass is 262 g/mol. The van der Waals surface area contributed by atoms with E-state index in [0.29, 0.717) is 12.3 Å². The highest BCUT2D eigenvalue weighted by Crippen LogP contribution is 2.13. The quantitative estimate of drug-likeness (QED) is 0.633. The first-order valence-electron chi connectivity index (χ1n) is 6.56. The van der Waals surface area contributed by atoms with E-state index in [9.17, 15) is 4.79 Å². The second kappa shape index (κ2) is 7.56. The molecule has 1 N–H and O–H groups in total. The topological polar surface area (TPSA) is 50.7 Å². The molecule has 1 aromatic rings. The number of carbonyl (C=O) groups excluding carboxylic acids is 1. The maximum absolute atomic E-state index is 11.6. The lowest BCUT2D eigenvalue weighted by atomic mass is 10.1. The van der Waals surface area contributed by atoms with Crippen LogP contribution in [-0.4, -0.2) is 18.7 Å². The number of ether oxygens (including phenoxy) is 1. The number of rotatable bonds is 6. The van der Waals surface area contributed by atoms with Crippen molar-refractivity contribution in [1.29, 1.82) is 0 Å². The van der Waals surface area contributed by atoms with Crippen LogP contribution in [0.2, 0.25) is 0 Å². The number of nitrogens with zero attached hydrogens (tertiary/aromatic N) is 1. The van der Waals surface area contributed by atoms with Crippen molar-refractivity contribution in [3.8, 4) is 5.75 Å². The van der Waals surface area contributed by atoms with Crippen LogP contribution in [0.25, 0.3) is 0 Å². The molecule has 1 aromatic carbocycles. The largest absolute Gasteiger partial charge is 0.497 e. The first-order chi connectivity index (χ1) is 9.06. The number of hydrogen-bond acceptors (Lipinski definition) is 3. The standard InChI is InChI=1S/C15H22N2O2/c1-5-14(16-17-15(18)10-11(2)3)12-6-8-13(19-4)9-7-12/h6-9,11H,5,10H2,1-4H3,(H,17,18)/b16-14+. The SMILES string of the molecule is CC/C(=N\NC(=O)CC(C)C)c1ccc(OC)cc1. The fourth-order valence-electron chi connectivity index (χ4n) is 1.68. The van der Waals surface area contributed by atoms with Gasteiger partial charge in [-0.1, -0.05) is 20.8 Å². The van der Waals surface area contributed by atoms with Gasteiger partial charge in [-0.05, 0) is 42.2 Å². The van der Waals surface area contributed by atoms with E-state index in [-0.39, 0.29) is 5.91 Å². The Morgan fingerprint density at radius 1 is 1.32 bits per heavy atom. The van der Waals surface area contributed by atoms with Crippen molar-refractivity contribution in [2.75, 3.05) is 7.11 Å². The molecule has 0 aliphatic carbocycles. The molecule has 104 valence electrons. The van der Waals surface area contributed by atoms with Gasteiger partial charge in [-0.25, -0.2) is 5.43 Å². The molecule has 0 fully saturated rings. The molecule has 0 spiro atoms. The summed E-state index contributed by atoms with van der Waals surface area (Å²) in [7, 11) is 1.63. The number of nitrogens with one attached hydrogen (secondary N) is 1. The van der Waals surface area contributed by atoms with E-state index >= 15 is 0 Å². The maximum Gasteiger partial charge on any atom is 0.240 e. The lowest BCUT2D eigenvalue weighted by Gasteiger charge is -2.07. The van der Waals surface area contributed by atoms with Crippen LogP contribution in [0.5, 0.6) is 5.75 Å². The molecule has 0 atom stereocenters. The Labute approximate surface area is 114 Å². The molecule has 4 heteroatoms. The fourth-order valence-corrected chi connectivity index (χ4v) is 1.68. The highest BCUT2D eigenvalue weighted by atomic mass is 16.5. The third-order valence-electron chi connectivity index (χ3n) is 2.67. The number of methoxy groups -OCH3 is 1. The van der Waals surface area contributed by atoms with Gasteiger partial charge in [-0.3, -0.25) is 4.79 Å². The second-order valence-electron chi connectivity index (χ2n) is 4.77. The molecule has 1 rings (SSSR count). The normalized spacial score (nSPS) is 11.5. The molecule has 0 unspecified atom stereocenters. The van der Waals surface area contributed by atoms with Crippen LogP contribution in [0, 0.1) is 5.92 Å². The highest BCUT2D eigenvalue weighted by molar-refractivity contribution is 6.00. The molecular weight excluding hydrogens is 240 g/mol. The minimum atomic E-state index is -0.0468. The van der Waals surface area contributed by atoms with Crippen molar-refractivity contribution in [3.63, 3.8) is 0 Å². The predicted octanol–water partition coefficient (Wildman–Crippen LogP) is 2.97. The molecule has 0 aliphatic heterocycles. The molecule has 0 bridgehead atoms. The molecule has 0 radical (unpaired) electrons. The van der Waals surface area contributed by atoms with Gasteiger partial charge in [0.2, 0.25) is 5.91 Å². The van der Waals surface area contributed by atoms with Crippen molar-refractivity contribution in [1.82, 2.24) is 5.43 Å². The summed E-state index contributed by atoms with van der Waals surface area (Å²) < 4.78 is 5.11. The molecule has 0 saturated carbocycles. The number of hydrogen-bond donors (Lipinski definition) is 1. The van der Waals surface area contributed by atoms with E-state index in [4.69, 9.17) is 4.74 Å². The molecule has 0 aromatic heterocycles. The smallest absolute Gasteiger partial charge is 0.240 e. The van der Waals surface area contributed by atoms with Crippen LogP contribution >= 0.6 is 0 Å². The van der Waals surface area contributed by atoms with Crippen molar-refractivity contribution < 1.29 is 9.53 Å². The van der Waals surface area contributed by atoms with Crippen molar-refractivity contribution >= 4 is 11.6 Å². The van der Waals surface area contributed by atoms with Crippen LogP contribution in [0.4, 0.5) is 0 Å². The molecule has 19 heavy (non-hydrogen) atoms. The number of carbonyl (C=O) groups is 1. The van der Waals surface area contributed by atoms with Gasteiger partial charge in [0, 0.05) is 6.42 Å². The average Bonchev–Trinajstić information content (AvgIpc) is 2.39. The maximum atomic E-state index is 11.6. The Morgan fingerprint density at radius 3 is 2.42 bits per heavy atom. The zero-order chi connectivity index (χ0) is 14.3. The van der Waals surface area contributed by atoms with E-state index in [1.54, 1.807) is 7.11 Å². The Morgan fingerprint density at radius 2 is 1.95 bits per heavy atom. The van der Waals surface area contributed by atoms with Crippen LogP contribution in [0.1, 0.15) is 39.2 Å². The summed E-state index contributed by atoms with van der Waals surface area (Å²) in [5.74, 6) is 1.10. The molecule has 1 amide bonds. The van der Waals surface area contributed by atoms with Crippen LogP contribution < -0.4 is 10.2 Å². The van der Waals surface area contributed by atoms with Gasteiger partial charge < -0.3 is 4.74 Å². The van der Waals surface area contributed by atoms with Gasteiger partial charge in [-0.2, -0.15) is 5.10 Å². The third-order valence-corrected chi connectivity index (χ3v) is 2.67. The van der Waals surface area contributed by atoms with E-state index in [2.05, 4.69) is 10.5 Å². The molecular formula is C15H22N2O2. The van der Waals surface area contributed by atoms with Crippen molar-refractivity contribution in [2.45, 2.75) is 33.6 Å². The zero-order valence-corrected chi connectivity index (χ0v) is 12.1. The van der Waals surface area contributed by atoms with Crippen molar-refractivity contribution in [2.24, 2.45) is 11.0 Å². The number of hydrazone groups is 1. The Hall–Kier alpha value is -1.84. The summed E-state index contributed by atoms with van der Waals surface area (Å²) in [6, 6.07) is 7.65. The van der Waals surface area contributed by atoms with Gasteiger partial charge in [0.1, 0.15) is 5.75 Å². The second-order valence-corrected chi connectivity index (χ2v) is 4.77. The summed E-state index contributed by atoms with van der Waals surface area (Å²) in [6.45, 7) is 6.03. The lowest BCUT2D eigenvalue weighted by molar-refractivity contribution is -0.121. The van der Waals surface area contributed by atoms with Gasteiger partial charge in [0.15, 0.2) is 0 Å². The van der Waals surface area contributed by atoms with Gasteiger partial charge in [0.05, 0.1) is 12.8 Å². The first-order valence-corrected chi connectivity index (χ1v) is 6.56. The minimum Gasteiger partial charge on any atom is -0.497 e. The molecule has 0 aliphatic rings. The summed E-state index contributed by atoms with van der Waals surface area (Å²) in [6.07, 6.45) is 1.25. The van der Waals surface area contributed by atoms with Crippen molar-refractivity contribution in [3.05, 3.63) is 29.8 Å².